The standard InChI is InChI=1S/C7H13N5O2/c1-9-7(11-8)10-4-3-5(13)12(2)6(4)14/h4H,3,8H2,1-2H3,(H2,9,10,11). The van der Waals surface area contributed by atoms with Crippen LogP contribution in [0.25, 0.3) is 0 Å². The summed E-state index contributed by atoms with van der Waals surface area (Å²) < 4.78 is 0. The molecule has 1 aliphatic rings. The van der Waals surface area contributed by atoms with Crippen molar-refractivity contribution in [3.8, 4) is 0 Å². The van der Waals surface area contributed by atoms with E-state index in [2.05, 4.69) is 15.7 Å². The van der Waals surface area contributed by atoms with Gasteiger partial charge in [-0.25, -0.2) is 5.84 Å². The van der Waals surface area contributed by atoms with E-state index in [4.69, 9.17) is 5.84 Å². The molecule has 0 aliphatic carbocycles. The van der Waals surface area contributed by atoms with Crippen LogP contribution in [0.4, 0.5) is 0 Å². The normalized spacial score (nSPS) is 22.9. The Morgan fingerprint density at radius 1 is 1.64 bits per heavy atom. The SMILES string of the molecule is CN=C(NN)NC1CC(=O)N(C)C1=O. The third-order valence-corrected chi connectivity index (χ3v) is 2.05. The van der Waals surface area contributed by atoms with Crippen molar-refractivity contribution < 1.29 is 9.59 Å². The zero-order valence-electron chi connectivity index (χ0n) is 8.07. The van der Waals surface area contributed by atoms with Crippen molar-refractivity contribution in [1.29, 1.82) is 0 Å². The number of hydrogen-bond acceptors (Lipinski definition) is 4. The number of rotatable bonds is 1. The van der Waals surface area contributed by atoms with E-state index < -0.39 is 6.04 Å². The van der Waals surface area contributed by atoms with Crippen molar-refractivity contribution in [3.63, 3.8) is 0 Å². The number of likely N-dealkylation sites (N-methyl/N-ethyl adjacent to an activating group) is 1. The summed E-state index contributed by atoms with van der Waals surface area (Å²) in [6, 6.07) is -0.567. The molecule has 7 heteroatoms. The molecular weight excluding hydrogens is 186 g/mol. The second-order valence-electron chi connectivity index (χ2n) is 2.91. The lowest BCUT2D eigenvalue weighted by Gasteiger charge is -2.12. The van der Waals surface area contributed by atoms with E-state index in [0.717, 1.165) is 4.90 Å². The number of nitrogens with two attached hydrogens (primary N) is 1. The Morgan fingerprint density at radius 2 is 2.29 bits per heavy atom. The van der Waals surface area contributed by atoms with Crippen LogP contribution in [-0.2, 0) is 9.59 Å². The molecule has 0 aromatic rings. The average molecular weight is 199 g/mol. The Bertz CT molecular complexity index is 288. The van der Waals surface area contributed by atoms with Crippen LogP contribution in [0.2, 0.25) is 0 Å². The zero-order chi connectivity index (χ0) is 10.7. The predicted molar refractivity (Wildman–Crippen MR) is 50.0 cm³/mol. The van der Waals surface area contributed by atoms with Gasteiger partial charge in [0.05, 0.1) is 6.42 Å². The molecule has 0 radical (unpaired) electrons. The molecule has 0 aromatic heterocycles. The van der Waals surface area contributed by atoms with Gasteiger partial charge in [-0.05, 0) is 0 Å². The van der Waals surface area contributed by atoms with Gasteiger partial charge in [-0.1, -0.05) is 0 Å². The number of amides is 2. The number of nitrogens with one attached hydrogen (secondary N) is 2. The average Bonchev–Trinajstić information content (AvgIpc) is 2.42. The Kier molecular flexibility index (Phi) is 3.03. The number of nitrogens with zero attached hydrogens (tertiary/aromatic N) is 2. The third kappa shape index (κ3) is 1.82. The van der Waals surface area contributed by atoms with Crippen LogP contribution in [0.3, 0.4) is 0 Å². The monoisotopic (exact) mass is 199 g/mol. The minimum atomic E-state index is -0.567. The van der Waals surface area contributed by atoms with Gasteiger partial charge < -0.3 is 5.32 Å². The molecule has 4 N–H and O–H groups in total. The Hall–Kier alpha value is -1.63. The molecule has 0 spiro atoms. The minimum absolute atomic E-state index is 0.135. The molecule has 1 unspecified atom stereocenters. The lowest BCUT2D eigenvalue weighted by atomic mass is 10.2. The van der Waals surface area contributed by atoms with Crippen molar-refractivity contribution in [2.75, 3.05) is 14.1 Å². The molecule has 14 heavy (non-hydrogen) atoms. The van der Waals surface area contributed by atoms with Crippen molar-refractivity contribution >= 4 is 17.8 Å². The van der Waals surface area contributed by atoms with Crippen LogP contribution >= 0.6 is 0 Å². The smallest absolute Gasteiger partial charge is 0.252 e. The molecular formula is C7H13N5O2. The number of aliphatic imine (C=N–C) groups is 1. The molecule has 2 amide bonds. The van der Waals surface area contributed by atoms with E-state index in [1.54, 1.807) is 0 Å². The van der Waals surface area contributed by atoms with Gasteiger partial charge in [0.2, 0.25) is 11.9 Å². The number of imide groups is 1. The van der Waals surface area contributed by atoms with Crippen molar-refractivity contribution in [3.05, 3.63) is 0 Å². The van der Waals surface area contributed by atoms with Gasteiger partial charge in [-0.15, -0.1) is 0 Å². The van der Waals surface area contributed by atoms with Crippen LogP contribution in [0, 0.1) is 0 Å². The van der Waals surface area contributed by atoms with Crippen molar-refractivity contribution in [1.82, 2.24) is 15.6 Å². The van der Waals surface area contributed by atoms with Crippen LogP contribution in [0.5, 0.6) is 0 Å². The fourth-order valence-corrected chi connectivity index (χ4v) is 1.20. The number of carbonyl (C=O) groups excluding carboxylic acids is 2. The van der Waals surface area contributed by atoms with E-state index in [1.807, 2.05) is 0 Å². The third-order valence-electron chi connectivity index (χ3n) is 2.05. The first-order valence-electron chi connectivity index (χ1n) is 4.10. The maximum absolute atomic E-state index is 11.4. The molecule has 1 aliphatic heterocycles. The molecule has 7 nitrogen and oxygen atoms in total. The summed E-state index contributed by atoms with van der Waals surface area (Å²) in [5, 5.41) is 2.73. The van der Waals surface area contributed by atoms with Gasteiger partial charge in [0.15, 0.2) is 0 Å². The fourth-order valence-electron chi connectivity index (χ4n) is 1.20. The second kappa shape index (κ2) is 4.05. The first-order valence-corrected chi connectivity index (χ1v) is 4.10. The summed E-state index contributed by atoms with van der Waals surface area (Å²) >= 11 is 0. The van der Waals surface area contributed by atoms with E-state index in [0.29, 0.717) is 0 Å². The molecule has 78 valence electrons. The molecule has 1 atom stereocenters. The van der Waals surface area contributed by atoms with Gasteiger partial charge >= 0.3 is 0 Å². The number of guanidine groups is 1. The Morgan fingerprint density at radius 3 is 2.64 bits per heavy atom. The number of hydrogen-bond donors (Lipinski definition) is 3. The second-order valence-corrected chi connectivity index (χ2v) is 2.91. The first-order chi connectivity index (χ1) is 6.60. The molecule has 0 aromatic carbocycles. The lowest BCUT2D eigenvalue weighted by Crippen LogP contribution is -2.48. The van der Waals surface area contributed by atoms with Gasteiger partial charge in [0.25, 0.3) is 5.91 Å². The number of likely N-dealkylation sites (tertiary alicyclic amines) is 1. The molecule has 1 heterocycles. The highest BCUT2D eigenvalue weighted by Gasteiger charge is 2.36. The summed E-state index contributed by atoms with van der Waals surface area (Å²) in [5.41, 5.74) is 2.29. The highest BCUT2D eigenvalue weighted by molar-refractivity contribution is 6.06. The quantitative estimate of drug-likeness (QED) is 0.146. The van der Waals surface area contributed by atoms with Crippen molar-refractivity contribution in [2.24, 2.45) is 10.8 Å². The van der Waals surface area contributed by atoms with Gasteiger partial charge in [-0.2, -0.15) is 0 Å². The zero-order valence-corrected chi connectivity index (χ0v) is 8.07. The largest absolute Gasteiger partial charge is 0.343 e. The Balaban J connectivity index is 2.64. The van der Waals surface area contributed by atoms with Crippen LogP contribution < -0.4 is 16.6 Å². The topological polar surface area (TPSA) is 99.8 Å². The molecule has 1 fully saturated rings. The molecule has 0 saturated carbocycles. The molecule has 0 bridgehead atoms. The lowest BCUT2D eigenvalue weighted by molar-refractivity contribution is -0.137. The van der Waals surface area contributed by atoms with E-state index in [1.165, 1.54) is 14.1 Å². The summed E-state index contributed by atoms with van der Waals surface area (Å²) in [5.74, 6) is 4.93. The van der Waals surface area contributed by atoms with Gasteiger partial charge in [-0.3, -0.25) is 24.9 Å². The minimum Gasteiger partial charge on any atom is -0.343 e. The van der Waals surface area contributed by atoms with E-state index in [9.17, 15) is 9.59 Å². The van der Waals surface area contributed by atoms with Gasteiger partial charge in [0, 0.05) is 14.1 Å². The van der Waals surface area contributed by atoms with E-state index >= 15 is 0 Å². The highest BCUT2D eigenvalue weighted by Crippen LogP contribution is 2.09. The van der Waals surface area contributed by atoms with Crippen LogP contribution in [0.15, 0.2) is 4.99 Å². The number of hydrazine groups is 1. The fraction of sp³-hybridized carbons (Fsp3) is 0.571. The summed E-state index contributed by atoms with van der Waals surface area (Å²) in [6.45, 7) is 0. The predicted octanol–water partition coefficient (Wildman–Crippen LogP) is -2.22. The summed E-state index contributed by atoms with van der Waals surface area (Å²) in [7, 11) is 2.97. The van der Waals surface area contributed by atoms with Gasteiger partial charge in [0.1, 0.15) is 6.04 Å². The Labute approximate surface area is 81.3 Å². The summed E-state index contributed by atoms with van der Waals surface area (Å²) in [4.78, 5) is 27.4. The first kappa shape index (κ1) is 10.5. The number of carbonyl (C=O) groups is 2. The molecule has 1 rings (SSSR count). The maximum atomic E-state index is 11.4. The summed E-state index contributed by atoms with van der Waals surface area (Å²) in [6.07, 6.45) is 0.135. The highest BCUT2D eigenvalue weighted by atomic mass is 16.2. The van der Waals surface area contributed by atoms with Crippen LogP contribution in [-0.4, -0.2) is 42.8 Å². The molecule has 1 saturated heterocycles. The van der Waals surface area contributed by atoms with Crippen LogP contribution in [0.1, 0.15) is 6.42 Å². The maximum Gasteiger partial charge on any atom is 0.252 e. The van der Waals surface area contributed by atoms with E-state index in [-0.39, 0.29) is 24.2 Å². The van der Waals surface area contributed by atoms with Crippen molar-refractivity contribution in [2.45, 2.75) is 12.5 Å².